The molecule has 1 aliphatic carbocycles. The number of carbonyl (C=O) groups is 2. The molecule has 1 aromatic carbocycles. The van der Waals surface area contributed by atoms with Crippen LogP contribution in [0.5, 0.6) is 0 Å². The van der Waals surface area contributed by atoms with E-state index in [9.17, 15) is 9.59 Å². The largest absolute Gasteiger partial charge is 0.341 e. The number of nitrogens with zero attached hydrogens (tertiary/aromatic N) is 1. The van der Waals surface area contributed by atoms with E-state index in [4.69, 9.17) is 0 Å². The van der Waals surface area contributed by atoms with Gasteiger partial charge in [0.2, 0.25) is 5.91 Å². The fourth-order valence-electron chi connectivity index (χ4n) is 4.30. The zero-order chi connectivity index (χ0) is 20.1. The topological polar surface area (TPSA) is 61.4 Å². The molecule has 4 rings (SSSR count). The number of benzene rings is 1. The first kappa shape index (κ1) is 20.5. The molecular weight excluding hydrogens is 402 g/mol. The normalized spacial score (nSPS) is 22.4. The van der Waals surface area contributed by atoms with Crippen molar-refractivity contribution in [2.24, 2.45) is 5.92 Å². The van der Waals surface area contributed by atoms with Gasteiger partial charge in [0, 0.05) is 47.8 Å². The number of fused-ring (bicyclic) bond motifs is 1. The number of thiophene rings is 1. The van der Waals surface area contributed by atoms with Gasteiger partial charge in [-0.3, -0.25) is 4.79 Å². The molecule has 0 bridgehead atoms. The highest BCUT2D eigenvalue weighted by atomic mass is 32.2. The average Bonchev–Trinajstić information content (AvgIpc) is 3.18. The molecule has 1 aromatic heterocycles. The number of rotatable bonds is 5. The Kier molecular flexibility index (Phi) is 6.98. The van der Waals surface area contributed by atoms with Crippen molar-refractivity contribution < 1.29 is 9.59 Å². The predicted octanol–water partition coefficient (Wildman–Crippen LogP) is 3.88. The van der Waals surface area contributed by atoms with Crippen molar-refractivity contribution in [1.29, 1.82) is 0 Å². The summed E-state index contributed by atoms with van der Waals surface area (Å²) in [5, 5.41) is 9.57. The highest BCUT2D eigenvalue weighted by Gasteiger charge is 2.30. The molecule has 0 spiro atoms. The van der Waals surface area contributed by atoms with Crippen LogP contribution >= 0.6 is 23.1 Å². The lowest BCUT2D eigenvalue weighted by molar-refractivity contribution is -0.136. The summed E-state index contributed by atoms with van der Waals surface area (Å²) in [6.45, 7) is 2.42. The molecule has 5 nitrogen and oxygen atoms in total. The summed E-state index contributed by atoms with van der Waals surface area (Å²) < 4.78 is 1.29. The lowest BCUT2D eigenvalue weighted by Crippen LogP contribution is -2.47. The van der Waals surface area contributed by atoms with Gasteiger partial charge in [0.25, 0.3) is 0 Å². The van der Waals surface area contributed by atoms with E-state index >= 15 is 0 Å². The number of hydrogen-bond acceptors (Lipinski definition) is 4. The Morgan fingerprint density at radius 1 is 1.07 bits per heavy atom. The molecule has 156 valence electrons. The lowest BCUT2D eigenvalue weighted by Gasteiger charge is -2.34. The standard InChI is InChI=1S/C22H29N3O2S2/c26-21(25-11-13-28-14-12-25)16-5-7-18(8-6-16)24-22(27)23-10-9-17-15-29-20-4-2-1-3-19(17)20/h1-4,15-16,18H,5-14H2,(H2,23,24,27). The van der Waals surface area contributed by atoms with Crippen LogP contribution in [0.2, 0.25) is 0 Å². The summed E-state index contributed by atoms with van der Waals surface area (Å²) in [5.41, 5.74) is 1.29. The number of carbonyl (C=O) groups excluding carboxylic acids is 2. The molecule has 2 fully saturated rings. The van der Waals surface area contributed by atoms with E-state index in [0.717, 1.165) is 56.7 Å². The van der Waals surface area contributed by atoms with Gasteiger partial charge < -0.3 is 15.5 Å². The number of nitrogens with one attached hydrogen (secondary N) is 2. The molecule has 2 heterocycles. The first-order valence-corrected chi connectivity index (χ1v) is 12.6. The third-order valence-electron chi connectivity index (χ3n) is 5.98. The van der Waals surface area contributed by atoms with Crippen LogP contribution in [0.15, 0.2) is 29.6 Å². The maximum atomic E-state index is 12.6. The first-order valence-electron chi connectivity index (χ1n) is 10.6. The molecule has 7 heteroatoms. The summed E-state index contributed by atoms with van der Waals surface area (Å²) in [7, 11) is 0. The summed E-state index contributed by atoms with van der Waals surface area (Å²) in [5.74, 6) is 2.59. The fraction of sp³-hybridized carbons (Fsp3) is 0.545. The van der Waals surface area contributed by atoms with Gasteiger partial charge in [-0.2, -0.15) is 11.8 Å². The molecule has 2 N–H and O–H groups in total. The highest BCUT2D eigenvalue weighted by Crippen LogP contribution is 2.27. The maximum absolute atomic E-state index is 12.6. The number of urea groups is 1. The Morgan fingerprint density at radius 3 is 2.62 bits per heavy atom. The van der Waals surface area contributed by atoms with E-state index in [2.05, 4.69) is 40.3 Å². The van der Waals surface area contributed by atoms with Crippen LogP contribution in [0.25, 0.3) is 10.1 Å². The second-order valence-corrected chi connectivity index (χ2v) is 10.0. The predicted molar refractivity (Wildman–Crippen MR) is 122 cm³/mol. The molecule has 1 saturated heterocycles. The van der Waals surface area contributed by atoms with Crippen LogP contribution in [0.3, 0.4) is 0 Å². The lowest BCUT2D eigenvalue weighted by atomic mass is 9.85. The molecule has 0 unspecified atom stereocenters. The second kappa shape index (κ2) is 9.85. The third kappa shape index (κ3) is 5.25. The van der Waals surface area contributed by atoms with Crippen molar-refractivity contribution in [3.63, 3.8) is 0 Å². The van der Waals surface area contributed by atoms with E-state index in [1.165, 1.54) is 15.6 Å². The van der Waals surface area contributed by atoms with Crippen LogP contribution in [0.4, 0.5) is 4.79 Å². The zero-order valence-electron chi connectivity index (χ0n) is 16.7. The number of hydrogen-bond donors (Lipinski definition) is 2. The van der Waals surface area contributed by atoms with Crippen molar-refractivity contribution in [3.05, 3.63) is 35.2 Å². The van der Waals surface area contributed by atoms with Crippen LogP contribution in [-0.4, -0.2) is 54.0 Å². The maximum Gasteiger partial charge on any atom is 0.315 e. The fourth-order valence-corrected chi connectivity index (χ4v) is 6.20. The monoisotopic (exact) mass is 431 g/mol. The van der Waals surface area contributed by atoms with E-state index in [-0.39, 0.29) is 18.0 Å². The highest BCUT2D eigenvalue weighted by molar-refractivity contribution is 7.99. The minimum atomic E-state index is -0.0904. The van der Waals surface area contributed by atoms with E-state index in [0.29, 0.717) is 12.5 Å². The minimum Gasteiger partial charge on any atom is -0.341 e. The number of thioether (sulfide) groups is 1. The Hall–Kier alpha value is -1.73. The summed E-state index contributed by atoms with van der Waals surface area (Å²) in [4.78, 5) is 27.0. The van der Waals surface area contributed by atoms with Gasteiger partial charge in [-0.25, -0.2) is 4.79 Å². The summed E-state index contributed by atoms with van der Waals surface area (Å²) >= 11 is 3.68. The molecular formula is C22H29N3O2S2. The molecule has 2 aromatic rings. The minimum absolute atomic E-state index is 0.0904. The van der Waals surface area contributed by atoms with Crippen molar-refractivity contribution >= 4 is 45.1 Å². The van der Waals surface area contributed by atoms with Crippen molar-refractivity contribution in [3.8, 4) is 0 Å². The smallest absolute Gasteiger partial charge is 0.315 e. The first-order chi connectivity index (χ1) is 14.2. The molecule has 1 saturated carbocycles. The van der Waals surface area contributed by atoms with E-state index in [1.54, 1.807) is 11.3 Å². The van der Waals surface area contributed by atoms with Gasteiger partial charge in [-0.15, -0.1) is 11.3 Å². The Bertz CT molecular complexity index is 839. The molecule has 29 heavy (non-hydrogen) atoms. The summed E-state index contributed by atoms with van der Waals surface area (Å²) in [6.07, 6.45) is 4.39. The second-order valence-electron chi connectivity index (χ2n) is 7.89. The Balaban J connectivity index is 1.16. The van der Waals surface area contributed by atoms with E-state index < -0.39 is 0 Å². The van der Waals surface area contributed by atoms with Crippen LogP contribution in [-0.2, 0) is 11.2 Å². The van der Waals surface area contributed by atoms with Gasteiger partial charge in [-0.05, 0) is 54.5 Å². The van der Waals surface area contributed by atoms with Gasteiger partial charge in [0.15, 0.2) is 0 Å². The van der Waals surface area contributed by atoms with E-state index in [1.807, 2.05) is 16.7 Å². The molecule has 2 aliphatic rings. The average molecular weight is 432 g/mol. The van der Waals surface area contributed by atoms with Crippen LogP contribution < -0.4 is 10.6 Å². The van der Waals surface area contributed by atoms with Crippen molar-refractivity contribution in [2.75, 3.05) is 31.1 Å². The molecule has 1 aliphatic heterocycles. The molecule has 0 radical (unpaired) electrons. The van der Waals surface area contributed by atoms with Gasteiger partial charge in [0.05, 0.1) is 0 Å². The molecule has 0 atom stereocenters. The summed E-state index contributed by atoms with van der Waals surface area (Å²) in [6, 6.07) is 8.48. The quantitative estimate of drug-likeness (QED) is 0.755. The third-order valence-corrected chi connectivity index (χ3v) is 7.93. The van der Waals surface area contributed by atoms with Crippen LogP contribution in [0.1, 0.15) is 31.2 Å². The van der Waals surface area contributed by atoms with Crippen molar-refractivity contribution in [1.82, 2.24) is 15.5 Å². The van der Waals surface area contributed by atoms with Gasteiger partial charge in [-0.1, -0.05) is 18.2 Å². The van der Waals surface area contributed by atoms with Crippen LogP contribution in [0, 0.1) is 5.92 Å². The zero-order valence-corrected chi connectivity index (χ0v) is 18.3. The van der Waals surface area contributed by atoms with Crippen molar-refractivity contribution in [2.45, 2.75) is 38.1 Å². The Morgan fingerprint density at radius 2 is 1.83 bits per heavy atom. The Labute approximate surface area is 180 Å². The molecule has 3 amide bonds. The van der Waals surface area contributed by atoms with Gasteiger partial charge >= 0.3 is 6.03 Å². The van der Waals surface area contributed by atoms with Gasteiger partial charge in [0.1, 0.15) is 0 Å². The SMILES string of the molecule is O=C(NCCc1csc2ccccc12)NC1CCC(C(=O)N2CCSCC2)CC1. The number of amides is 3.